The summed E-state index contributed by atoms with van der Waals surface area (Å²) in [5.41, 5.74) is 1.39. The Balaban J connectivity index is 2.19. The van der Waals surface area contributed by atoms with Crippen LogP contribution in [0.3, 0.4) is 0 Å². The summed E-state index contributed by atoms with van der Waals surface area (Å²) in [5, 5.41) is 2.76. The molecule has 22 heavy (non-hydrogen) atoms. The quantitative estimate of drug-likeness (QED) is 0.678. The summed E-state index contributed by atoms with van der Waals surface area (Å²) in [6.45, 7) is 6.67. The number of amides is 2. The average Bonchev–Trinajstić information content (AvgIpc) is 2.48. The van der Waals surface area contributed by atoms with Gasteiger partial charge in [0, 0.05) is 18.7 Å². The van der Waals surface area contributed by atoms with Crippen molar-refractivity contribution in [2.45, 2.75) is 33.2 Å². The standard InChI is InChI=1S/C17H22N2O3/c1-11(2)10-14-16(21)18-8-9-19(14)17(22)15(20)13-6-4-12(3)5-7-13/h4-7,11,14H,8-10H2,1-3H3,(H,18,21). The van der Waals surface area contributed by atoms with E-state index in [0.29, 0.717) is 25.1 Å². The van der Waals surface area contributed by atoms with Gasteiger partial charge in [0.05, 0.1) is 0 Å². The van der Waals surface area contributed by atoms with Crippen LogP contribution < -0.4 is 5.32 Å². The van der Waals surface area contributed by atoms with Crippen molar-refractivity contribution in [3.8, 4) is 0 Å². The molecular formula is C17H22N2O3. The highest BCUT2D eigenvalue weighted by Crippen LogP contribution is 2.16. The van der Waals surface area contributed by atoms with Crippen LogP contribution >= 0.6 is 0 Å². The fourth-order valence-electron chi connectivity index (χ4n) is 2.60. The molecule has 1 aromatic carbocycles. The molecule has 5 heteroatoms. The Morgan fingerprint density at radius 1 is 1.27 bits per heavy atom. The van der Waals surface area contributed by atoms with Crippen LogP contribution in [0.15, 0.2) is 24.3 Å². The van der Waals surface area contributed by atoms with E-state index in [1.54, 1.807) is 24.3 Å². The molecule has 1 saturated heterocycles. The predicted octanol–water partition coefficient (Wildman–Crippen LogP) is 1.55. The van der Waals surface area contributed by atoms with Crippen LogP contribution in [0.1, 0.15) is 36.2 Å². The third-order valence-electron chi connectivity index (χ3n) is 3.79. The lowest BCUT2D eigenvalue weighted by Gasteiger charge is -2.35. The molecule has 1 heterocycles. The van der Waals surface area contributed by atoms with Crippen molar-refractivity contribution in [2.75, 3.05) is 13.1 Å². The van der Waals surface area contributed by atoms with Crippen molar-refractivity contribution in [2.24, 2.45) is 5.92 Å². The van der Waals surface area contributed by atoms with Gasteiger partial charge < -0.3 is 10.2 Å². The number of piperazine rings is 1. The van der Waals surface area contributed by atoms with E-state index in [1.165, 1.54) is 4.90 Å². The zero-order chi connectivity index (χ0) is 16.3. The number of hydrogen-bond acceptors (Lipinski definition) is 3. The third kappa shape index (κ3) is 3.53. The van der Waals surface area contributed by atoms with Crippen molar-refractivity contribution in [1.82, 2.24) is 10.2 Å². The molecule has 1 aliphatic heterocycles. The minimum absolute atomic E-state index is 0.176. The van der Waals surface area contributed by atoms with Gasteiger partial charge in [-0.3, -0.25) is 14.4 Å². The summed E-state index contributed by atoms with van der Waals surface area (Å²) in [5.74, 6) is -1.06. The van der Waals surface area contributed by atoms with Crippen LogP contribution in [0.4, 0.5) is 0 Å². The predicted molar refractivity (Wildman–Crippen MR) is 83.5 cm³/mol. The first kappa shape index (κ1) is 16.2. The number of hydrogen-bond donors (Lipinski definition) is 1. The number of rotatable bonds is 4. The first-order valence-corrected chi connectivity index (χ1v) is 7.60. The molecule has 1 aliphatic rings. The van der Waals surface area contributed by atoms with Crippen molar-refractivity contribution >= 4 is 17.6 Å². The molecule has 0 saturated carbocycles. The Morgan fingerprint density at radius 3 is 2.50 bits per heavy atom. The van der Waals surface area contributed by atoms with Crippen molar-refractivity contribution in [3.63, 3.8) is 0 Å². The lowest BCUT2D eigenvalue weighted by molar-refractivity contribution is -0.140. The summed E-state index contributed by atoms with van der Waals surface area (Å²) in [4.78, 5) is 38.3. The van der Waals surface area contributed by atoms with Crippen molar-refractivity contribution in [1.29, 1.82) is 0 Å². The summed E-state index contributed by atoms with van der Waals surface area (Å²) < 4.78 is 0. The topological polar surface area (TPSA) is 66.5 Å². The number of ketones is 1. The molecule has 0 aliphatic carbocycles. The van der Waals surface area contributed by atoms with Crippen molar-refractivity contribution in [3.05, 3.63) is 35.4 Å². The Hall–Kier alpha value is -2.17. The van der Waals surface area contributed by atoms with Crippen LogP contribution in [0.2, 0.25) is 0 Å². The summed E-state index contributed by atoms with van der Waals surface area (Å²) in [7, 11) is 0. The molecular weight excluding hydrogens is 280 g/mol. The summed E-state index contributed by atoms with van der Waals surface area (Å²) in [6, 6.07) is 6.34. The molecule has 0 aromatic heterocycles. The molecule has 0 spiro atoms. The van der Waals surface area contributed by atoms with Gasteiger partial charge in [-0.2, -0.15) is 0 Å². The van der Waals surface area contributed by atoms with Gasteiger partial charge in [-0.1, -0.05) is 43.7 Å². The first-order valence-electron chi connectivity index (χ1n) is 7.60. The molecule has 5 nitrogen and oxygen atoms in total. The molecule has 1 unspecified atom stereocenters. The van der Waals surface area contributed by atoms with E-state index in [0.717, 1.165) is 5.56 Å². The highest BCUT2D eigenvalue weighted by molar-refractivity contribution is 6.43. The minimum atomic E-state index is -0.593. The number of nitrogens with one attached hydrogen (secondary N) is 1. The average molecular weight is 302 g/mol. The monoisotopic (exact) mass is 302 g/mol. The van der Waals surface area contributed by atoms with Crippen molar-refractivity contribution < 1.29 is 14.4 Å². The summed E-state index contributed by atoms with van der Waals surface area (Å²) >= 11 is 0. The van der Waals surface area contributed by atoms with E-state index >= 15 is 0 Å². The number of aryl methyl sites for hydroxylation is 1. The largest absolute Gasteiger partial charge is 0.353 e. The second-order valence-corrected chi connectivity index (χ2v) is 6.13. The second-order valence-electron chi connectivity index (χ2n) is 6.13. The van der Waals surface area contributed by atoms with Gasteiger partial charge in [0.25, 0.3) is 5.91 Å². The Kier molecular flexibility index (Phi) is 4.96. The fourth-order valence-corrected chi connectivity index (χ4v) is 2.60. The highest BCUT2D eigenvalue weighted by atomic mass is 16.2. The molecule has 1 atom stereocenters. The zero-order valence-corrected chi connectivity index (χ0v) is 13.3. The Labute approximate surface area is 130 Å². The molecule has 0 bridgehead atoms. The van der Waals surface area contributed by atoms with Crippen LogP contribution in [0.25, 0.3) is 0 Å². The smallest absolute Gasteiger partial charge is 0.295 e. The van der Waals surface area contributed by atoms with Crippen LogP contribution in [0.5, 0.6) is 0 Å². The minimum Gasteiger partial charge on any atom is -0.353 e. The molecule has 0 radical (unpaired) electrons. The number of benzene rings is 1. The highest BCUT2D eigenvalue weighted by Gasteiger charge is 2.36. The van der Waals surface area contributed by atoms with E-state index in [1.807, 2.05) is 20.8 Å². The molecule has 1 fully saturated rings. The van der Waals surface area contributed by atoms with E-state index < -0.39 is 17.7 Å². The SMILES string of the molecule is Cc1ccc(C(=O)C(=O)N2CCNC(=O)C2CC(C)C)cc1. The lowest BCUT2D eigenvalue weighted by atomic mass is 9.98. The van der Waals surface area contributed by atoms with Gasteiger partial charge >= 0.3 is 0 Å². The van der Waals surface area contributed by atoms with E-state index in [4.69, 9.17) is 0 Å². The maximum absolute atomic E-state index is 12.5. The first-order chi connectivity index (χ1) is 10.4. The lowest BCUT2D eigenvalue weighted by Crippen LogP contribution is -2.58. The van der Waals surface area contributed by atoms with Crippen LogP contribution in [0, 0.1) is 12.8 Å². The number of nitrogens with zero attached hydrogens (tertiary/aromatic N) is 1. The van der Waals surface area contributed by atoms with Gasteiger partial charge in [-0.05, 0) is 19.3 Å². The van der Waals surface area contributed by atoms with Crippen LogP contribution in [-0.4, -0.2) is 41.6 Å². The van der Waals surface area contributed by atoms with E-state index in [-0.39, 0.29) is 11.8 Å². The van der Waals surface area contributed by atoms with Gasteiger partial charge in [-0.15, -0.1) is 0 Å². The Bertz CT molecular complexity index is 578. The van der Waals surface area contributed by atoms with Gasteiger partial charge in [-0.25, -0.2) is 0 Å². The van der Waals surface area contributed by atoms with E-state index in [2.05, 4.69) is 5.32 Å². The molecule has 118 valence electrons. The van der Waals surface area contributed by atoms with Crippen LogP contribution in [-0.2, 0) is 9.59 Å². The summed E-state index contributed by atoms with van der Waals surface area (Å²) in [6.07, 6.45) is 0.554. The normalized spacial score (nSPS) is 18.3. The molecule has 1 aromatic rings. The van der Waals surface area contributed by atoms with E-state index in [9.17, 15) is 14.4 Å². The molecule has 2 amide bonds. The number of carbonyl (C=O) groups is 3. The van der Waals surface area contributed by atoms with Gasteiger partial charge in [0.2, 0.25) is 11.7 Å². The zero-order valence-electron chi connectivity index (χ0n) is 13.3. The maximum atomic E-state index is 12.5. The maximum Gasteiger partial charge on any atom is 0.295 e. The third-order valence-corrected chi connectivity index (χ3v) is 3.79. The van der Waals surface area contributed by atoms with Gasteiger partial charge in [0.15, 0.2) is 0 Å². The number of carbonyl (C=O) groups excluding carboxylic acids is 3. The molecule has 1 N–H and O–H groups in total. The molecule has 2 rings (SSSR count). The number of Topliss-reactive ketones (excluding diaryl/α,β-unsaturated/α-hetero) is 1. The second kappa shape index (κ2) is 6.73. The Morgan fingerprint density at radius 2 is 1.91 bits per heavy atom. The van der Waals surface area contributed by atoms with Gasteiger partial charge in [0.1, 0.15) is 6.04 Å². The fraction of sp³-hybridized carbons (Fsp3) is 0.471.